The van der Waals surface area contributed by atoms with Gasteiger partial charge in [0.25, 0.3) is 5.56 Å². The smallest absolute Gasteiger partial charge is 0.263 e. The van der Waals surface area contributed by atoms with Crippen LogP contribution in [0.4, 0.5) is 5.82 Å². The summed E-state index contributed by atoms with van der Waals surface area (Å²) in [6, 6.07) is 20.1. The van der Waals surface area contributed by atoms with Gasteiger partial charge in [0.05, 0.1) is 23.6 Å². The second kappa shape index (κ2) is 7.60. The first kappa shape index (κ1) is 18.9. The maximum atomic E-state index is 12.5. The van der Waals surface area contributed by atoms with Gasteiger partial charge in [-0.05, 0) is 26.0 Å². The molecule has 5 aromatic rings. The molecule has 7 nitrogen and oxygen atoms in total. The Morgan fingerprint density at radius 1 is 0.968 bits per heavy atom. The van der Waals surface area contributed by atoms with Crippen LogP contribution < -0.4 is 10.9 Å². The normalized spacial score (nSPS) is 12.2. The summed E-state index contributed by atoms with van der Waals surface area (Å²) in [5.41, 5.74) is 3.95. The van der Waals surface area contributed by atoms with E-state index < -0.39 is 0 Å². The molecule has 5 rings (SSSR count). The fraction of sp³-hybridized carbons (Fsp3) is 0.125. The standard InChI is InChI=1S/C24H20N6O/c1-14(27-23-20-22(28-15(2)29-23)25-13-26-24(20)31)18-12-17-10-6-7-11-19(17)30-21(18)16-8-4-3-5-9-16/h3-14H,1-2H3,(H2,25,26,27,28,29,31)/t14-/m0/s1. The first-order valence-electron chi connectivity index (χ1n) is 10.0. The topological polar surface area (TPSA) is 96.5 Å². The van der Waals surface area contributed by atoms with Crippen molar-refractivity contribution >= 4 is 27.8 Å². The zero-order valence-electron chi connectivity index (χ0n) is 17.1. The van der Waals surface area contributed by atoms with Gasteiger partial charge in [0, 0.05) is 16.5 Å². The second-order valence-electron chi connectivity index (χ2n) is 7.40. The van der Waals surface area contributed by atoms with Crippen LogP contribution in [0, 0.1) is 6.92 Å². The first-order chi connectivity index (χ1) is 15.1. The summed E-state index contributed by atoms with van der Waals surface area (Å²) in [5, 5.41) is 4.80. The largest absolute Gasteiger partial charge is 0.363 e. The Labute approximate surface area is 178 Å². The molecule has 0 radical (unpaired) electrons. The van der Waals surface area contributed by atoms with E-state index in [1.165, 1.54) is 6.33 Å². The van der Waals surface area contributed by atoms with E-state index in [2.05, 4.69) is 31.3 Å². The molecule has 3 heterocycles. The number of nitrogens with one attached hydrogen (secondary N) is 2. The molecule has 0 saturated carbocycles. The van der Waals surface area contributed by atoms with E-state index in [4.69, 9.17) is 4.98 Å². The Hall–Kier alpha value is -4.13. The Kier molecular flexibility index (Phi) is 4.63. The predicted molar refractivity (Wildman–Crippen MR) is 122 cm³/mol. The van der Waals surface area contributed by atoms with Gasteiger partial charge >= 0.3 is 0 Å². The van der Waals surface area contributed by atoms with Crippen LogP contribution in [0.2, 0.25) is 0 Å². The molecular weight excluding hydrogens is 388 g/mol. The number of anilines is 1. The molecular formula is C24H20N6O. The van der Waals surface area contributed by atoms with Crippen molar-refractivity contribution in [2.75, 3.05) is 5.32 Å². The second-order valence-corrected chi connectivity index (χ2v) is 7.40. The van der Waals surface area contributed by atoms with Crippen LogP contribution in [0.3, 0.4) is 0 Å². The maximum Gasteiger partial charge on any atom is 0.263 e. The zero-order chi connectivity index (χ0) is 21.4. The van der Waals surface area contributed by atoms with Gasteiger partial charge in [-0.2, -0.15) is 0 Å². The molecule has 1 atom stereocenters. The van der Waals surface area contributed by atoms with Crippen molar-refractivity contribution in [3.05, 3.63) is 88.7 Å². The molecule has 3 aromatic heterocycles. The van der Waals surface area contributed by atoms with Crippen LogP contribution in [-0.2, 0) is 0 Å². The maximum absolute atomic E-state index is 12.5. The van der Waals surface area contributed by atoms with E-state index in [1.807, 2.05) is 61.5 Å². The summed E-state index contributed by atoms with van der Waals surface area (Å²) in [6.07, 6.45) is 1.35. The summed E-state index contributed by atoms with van der Waals surface area (Å²) >= 11 is 0. The number of hydrogen-bond donors (Lipinski definition) is 2. The zero-order valence-corrected chi connectivity index (χ0v) is 17.1. The third-order valence-corrected chi connectivity index (χ3v) is 5.23. The molecule has 0 amide bonds. The number of aryl methyl sites for hydroxylation is 1. The van der Waals surface area contributed by atoms with Crippen molar-refractivity contribution in [2.24, 2.45) is 0 Å². The fourth-order valence-electron chi connectivity index (χ4n) is 3.76. The van der Waals surface area contributed by atoms with Crippen molar-refractivity contribution in [3.8, 4) is 11.3 Å². The van der Waals surface area contributed by atoms with Crippen molar-refractivity contribution in [1.82, 2.24) is 24.9 Å². The monoisotopic (exact) mass is 408 g/mol. The number of hydrogen-bond acceptors (Lipinski definition) is 6. The Balaban J connectivity index is 1.66. The first-order valence-corrected chi connectivity index (χ1v) is 10.0. The van der Waals surface area contributed by atoms with Crippen LogP contribution in [-0.4, -0.2) is 24.9 Å². The lowest BCUT2D eigenvalue weighted by Gasteiger charge is -2.20. The van der Waals surface area contributed by atoms with E-state index in [-0.39, 0.29) is 11.6 Å². The lowest BCUT2D eigenvalue weighted by atomic mass is 9.98. The van der Waals surface area contributed by atoms with E-state index in [0.717, 1.165) is 27.7 Å². The van der Waals surface area contributed by atoms with Gasteiger partial charge < -0.3 is 10.3 Å². The molecule has 7 heteroatoms. The highest BCUT2D eigenvalue weighted by Crippen LogP contribution is 2.32. The van der Waals surface area contributed by atoms with Gasteiger partial charge in [0.1, 0.15) is 17.0 Å². The molecule has 0 spiro atoms. The number of fused-ring (bicyclic) bond motifs is 2. The van der Waals surface area contributed by atoms with Crippen molar-refractivity contribution < 1.29 is 0 Å². The van der Waals surface area contributed by atoms with Gasteiger partial charge in [0.2, 0.25) is 0 Å². The Morgan fingerprint density at radius 3 is 2.58 bits per heavy atom. The lowest BCUT2D eigenvalue weighted by Crippen LogP contribution is -2.16. The molecule has 0 saturated heterocycles. The molecule has 2 aromatic carbocycles. The van der Waals surface area contributed by atoms with Crippen LogP contribution in [0.5, 0.6) is 0 Å². The van der Waals surface area contributed by atoms with Gasteiger partial charge in [-0.15, -0.1) is 0 Å². The number of aromatic amines is 1. The molecule has 2 N–H and O–H groups in total. The highest BCUT2D eigenvalue weighted by Gasteiger charge is 2.18. The molecule has 152 valence electrons. The fourth-order valence-corrected chi connectivity index (χ4v) is 3.76. The molecule has 0 bridgehead atoms. The third-order valence-electron chi connectivity index (χ3n) is 5.23. The van der Waals surface area contributed by atoms with Crippen LogP contribution in [0.1, 0.15) is 24.4 Å². The molecule has 0 unspecified atom stereocenters. The number of para-hydroxylation sites is 1. The summed E-state index contributed by atoms with van der Waals surface area (Å²) in [7, 11) is 0. The summed E-state index contributed by atoms with van der Waals surface area (Å²) in [6.45, 7) is 3.82. The van der Waals surface area contributed by atoms with E-state index in [0.29, 0.717) is 22.7 Å². The number of H-pyrrole nitrogens is 1. The number of aromatic nitrogens is 5. The number of nitrogens with zero attached hydrogens (tertiary/aromatic N) is 4. The average molecular weight is 408 g/mol. The minimum atomic E-state index is -0.278. The van der Waals surface area contributed by atoms with Crippen LogP contribution in [0.15, 0.2) is 71.8 Å². The summed E-state index contributed by atoms with van der Waals surface area (Å²) in [4.78, 5) is 33.0. The molecule has 0 aliphatic rings. The molecule has 31 heavy (non-hydrogen) atoms. The van der Waals surface area contributed by atoms with Gasteiger partial charge in [0.15, 0.2) is 5.65 Å². The lowest BCUT2D eigenvalue weighted by molar-refractivity contribution is 0.868. The predicted octanol–water partition coefficient (Wildman–Crippen LogP) is 4.41. The van der Waals surface area contributed by atoms with Crippen molar-refractivity contribution in [2.45, 2.75) is 19.9 Å². The number of benzene rings is 2. The van der Waals surface area contributed by atoms with E-state index >= 15 is 0 Å². The van der Waals surface area contributed by atoms with Gasteiger partial charge in [-0.25, -0.2) is 19.9 Å². The van der Waals surface area contributed by atoms with Crippen LogP contribution in [0.25, 0.3) is 33.2 Å². The Bertz CT molecular complexity index is 1460. The van der Waals surface area contributed by atoms with Crippen molar-refractivity contribution in [1.29, 1.82) is 0 Å². The third kappa shape index (κ3) is 3.50. The average Bonchev–Trinajstić information content (AvgIpc) is 2.78. The molecule has 0 aliphatic carbocycles. The van der Waals surface area contributed by atoms with E-state index in [9.17, 15) is 4.79 Å². The highest BCUT2D eigenvalue weighted by atomic mass is 16.1. The molecule has 0 fully saturated rings. The summed E-state index contributed by atoms with van der Waals surface area (Å²) < 4.78 is 0. The summed E-state index contributed by atoms with van der Waals surface area (Å²) in [5.74, 6) is 0.997. The molecule has 0 aliphatic heterocycles. The van der Waals surface area contributed by atoms with Gasteiger partial charge in [-0.1, -0.05) is 48.5 Å². The van der Waals surface area contributed by atoms with Crippen LogP contribution >= 0.6 is 0 Å². The highest BCUT2D eigenvalue weighted by molar-refractivity contribution is 5.87. The minimum Gasteiger partial charge on any atom is -0.363 e. The van der Waals surface area contributed by atoms with E-state index in [1.54, 1.807) is 6.92 Å². The van der Waals surface area contributed by atoms with Gasteiger partial charge in [-0.3, -0.25) is 4.79 Å². The Morgan fingerprint density at radius 2 is 1.74 bits per heavy atom. The SMILES string of the molecule is Cc1nc(N[C@@H](C)c2cc3ccccc3nc2-c2ccccc2)c2c(=O)[nH]cnc2n1. The quantitative estimate of drug-likeness (QED) is 0.457. The number of pyridine rings is 1. The minimum absolute atomic E-state index is 0.176. The number of rotatable bonds is 4. The van der Waals surface area contributed by atoms with Crippen molar-refractivity contribution in [3.63, 3.8) is 0 Å².